The van der Waals surface area contributed by atoms with E-state index < -0.39 is 24.0 Å². The van der Waals surface area contributed by atoms with Gasteiger partial charge < -0.3 is 18.8 Å². The van der Waals surface area contributed by atoms with E-state index in [2.05, 4.69) is 4.98 Å². The Bertz CT molecular complexity index is 1570. The highest BCUT2D eigenvalue weighted by Gasteiger charge is 2.44. The van der Waals surface area contributed by atoms with Crippen LogP contribution in [0.25, 0.3) is 32.9 Å². The Hall–Kier alpha value is -3.70. The molecule has 0 radical (unpaired) electrons. The monoisotopic (exact) mass is 612 g/mol. The van der Waals surface area contributed by atoms with E-state index in [0.29, 0.717) is 43.1 Å². The van der Waals surface area contributed by atoms with Gasteiger partial charge in [-0.25, -0.2) is 4.79 Å². The lowest BCUT2D eigenvalue weighted by Gasteiger charge is -2.38. The van der Waals surface area contributed by atoms with Crippen molar-refractivity contribution >= 4 is 40.0 Å². The summed E-state index contributed by atoms with van der Waals surface area (Å²) in [6.45, 7) is 0.914. The maximum Gasteiger partial charge on any atom is 0.391 e. The molecule has 0 N–H and O–H groups in total. The van der Waals surface area contributed by atoms with Crippen LogP contribution in [0.2, 0.25) is 0 Å². The Morgan fingerprint density at radius 3 is 2.33 bits per heavy atom. The van der Waals surface area contributed by atoms with Gasteiger partial charge in [0, 0.05) is 47.9 Å². The SMILES string of the molecule is COC(=O)c1sc(-c2ccc(-c3cc4ncccc4o3)cc2)cc1N(C(=O)[C@H]1CC[C@H](C(F)(F)F)CC1)C1CCOCC1. The number of amides is 1. The number of nitrogens with zero attached hydrogens (tertiary/aromatic N) is 2. The van der Waals surface area contributed by atoms with Crippen molar-refractivity contribution in [3.63, 3.8) is 0 Å². The molecule has 0 unspecified atom stereocenters. The number of benzene rings is 1. The molecular weight excluding hydrogens is 581 g/mol. The third-order valence-electron chi connectivity index (χ3n) is 8.42. The van der Waals surface area contributed by atoms with Crippen molar-refractivity contribution in [2.45, 2.75) is 50.7 Å². The summed E-state index contributed by atoms with van der Waals surface area (Å²) in [4.78, 5) is 34.1. The number of fused-ring (bicyclic) bond motifs is 1. The number of carbonyl (C=O) groups is 2. The maximum absolute atomic E-state index is 14.1. The molecule has 4 heterocycles. The number of aromatic nitrogens is 1. The molecule has 0 spiro atoms. The lowest BCUT2D eigenvalue weighted by atomic mass is 9.80. The Kier molecular flexibility index (Phi) is 8.28. The van der Waals surface area contributed by atoms with E-state index in [0.717, 1.165) is 21.5 Å². The van der Waals surface area contributed by atoms with Gasteiger partial charge in [0.1, 0.15) is 16.2 Å². The summed E-state index contributed by atoms with van der Waals surface area (Å²) in [6, 6.07) is 14.8. The van der Waals surface area contributed by atoms with Gasteiger partial charge in [0.05, 0.1) is 18.7 Å². The van der Waals surface area contributed by atoms with Gasteiger partial charge in [0.25, 0.3) is 0 Å². The first-order valence-electron chi connectivity index (χ1n) is 14.4. The van der Waals surface area contributed by atoms with Gasteiger partial charge in [-0.1, -0.05) is 24.3 Å². The van der Waals surface area contributed by atoms with Crippen LogP contribution in [-0.4, -0.2) is 49.4 Å². The number of alkyl halides is 3. The molecule has 1 aliphatic carbocycles. The summed E-state index contributed by atoms with van der Waals surface area (Å²) in [5.74, 6) is -2.06. The second kappa shape index (κ2) is 12.1. The summed E-state index contributed by atoms with van der Waals surface area (Å²) in [6.07, 6.45) is -1.25. The van der Waals surface area contributed by atoms with Crippen molar-refractivity contribution in [3.05, 3.63) is 59.6 Å². The second-order valence-electron chi connectivity index (χ2n) is 11.0. The van der Waals surface area contributed by atoms with Crippen molar-refractivity contribution in [1.29, 1.82) is 0 Å². The number of pyridine rings is 1. The molecule has 0 bridgehead atoms. The van der Waals surface area contributed by atoms with Crippen molar-refractivity contribution in [2.75, 3.05) is 25.2 Å². The van der Waals surface area contributed by atoms with E-state index >= 15 is 0 Å². The number of furan rings is 1. The van der Waals surface area contributed by atoms with E-state index in [1.165, 1.54) is 18.4 Å². The first kappa shape index (κ1) is 29.4. The second-order valence-corrected chi connectivity index (χ2v) is 12.1. The standard InChI is InChI=1S/C32H31F3N2O5S/c1-40-31(39)29-25(37(23-12-15-41-16-13-23)30(38)21-8-10-22(11-9-21)32(33,34)35)18-28(43-29)20-6-4-19(5-7-20)27-17-24-26(42-27)3-2-14-36-24/h2-7,14,17-18,21-23H,8-13,15-16H2,1H3/t21-,22-. The van der Waals surface area contributed by atoms with Crippen LogP contribution >= 0.6 is 11.3 Å². The highest BCUT2D eigenvalue weighted by atomic mass is 32.1. The number of hydrogen-bond donors (Lipinski definition) is 0. The topological polar surface area (TPSA) is 81.9 Å². The third-order valence-corrected chi connectivity index (χ3v) is 9.57. The maximum atomic E-state index is 14.1. The van der Waals surface area contributed by atoms with E-state index in [9.17, 15) is 22.8 Å². The van der Waals surface area contributed by atoms with Crippen LogP contribution in [0.1, 0.15) is 48.2 Å². The van der Waals surface area contributed by atoms with Crippen LogP contribution in [-0.2, 0) is 14.3 Å². The van der Waals surface area contributed by atoms with Crippen LogP contribution < -0.4 is 4.90 Å². The molecule has 1 saturated heterocycles. The summed E-state index contributed by atoms with van der Waals surface area (Å²) >= 11 is 1.23. The molecule has 4 aromatic rings. The predicted molar refractivity (Wildman–Crippen MR) is 157 cm³/mol. The van der Waals surface area contributed by atoms with Gasteiger partial charge in [-0.05, 0) is 62.3 Å². The molecule has 1 aliphatic heterocycles. The zero-order valence-corrected chi connectivity index (χ0v) is 24.4. The molecule has 2 fully saturated rings. The molecule has 226 valence electrons. The smallest absolute Gasteiger partial charge is 0.391 e. The van der Waals surface area contributed by atoms with Crippen molar-refractivity contribution in [1.82, 2.24) is 4.98 Å². The van der Waals surface area contributed by atoms with Crippen molar-refractivity contribution in [2.24, 2.45) is 11.8 Å². The molecule has 11 heteroatoms. The Labute approximate surface area is 250 Å². The van der Waals surface area contributed by atoms with Crippen LogP contribution in [0.3, 0.4) is 0 Å². The number of carbonyl (C=O) groups excluding carboxylic acids is 2. The van der Waals surface area contributed by atoms with Gasteiger partial charge in [-0.2, -0.15) is 13.2 Å². The molecule has 6 rings (SSSR count). The zero-order valence-electron chi connectivity index (χ0n) is 23.6. The van der Waals surface area contributed by atoms with Crippen LogP contribution in [0.15, 0.2) is 59.1 Å². The summed E-state index contributed by atoms with van der Waals surface area (Å²) < 4.78 is 56.6. The highest BCUT2D eigenvalue weighted by molar-refractivity contribution is 7.18. The average Bonchev–Trinajstić information content (AvgIpc) is 3.66. The van der Waals surface area contributed by atoms with Gasteiger partial charge in [-0.15, -0.1) is 11.3 Å². The number of hydrogen-bond acceptors (Lipinski definition) is 7. The molecule has 3 aromatic heterocycles. The van der Waals surface area contributed by atoms with Crippen LogP contribution in [0, 0.1) is 11.8 Å². The molecule has 1 saturated carbocycles. The quantitative estimate of drug-likeness (QED) is 0.206. The van der Waals surface area contributed by atoms with E-state index in [4.69, 9.17) is 13.9 Å². The Balaban J connectivity index is 1.32. The van der Waals surface area contributed by atoms with Crippen molar-refractivity contribution < 1.29 is 36.7 Å². The number of ether oxygens (including phenoxy) is 2. The summed E-state index contributed by atoms with van der Waals surface area (Å²) in [7, 11) is 1.29. The fourth-order valence-electron chi connectivity index (χ4n) is 6.06. The molecule has 43 heavy (non-hydrogen) atoms. The number of thiophene rings is 1. The number of halogens is 3. The minimum absolute atomic E-state index is 0.0755. The van der Waals surface area contributed by atoms with Crippen molar-refractivity contribution in [3.8, 4) is 21.8 Å². The number of esters is 1. The fraction of sp³-hybridized carbons (Fsp3) is 0.406. The summed E-state index contributed by atoms with van der Waals surface area (Å²) in [5, 5.41) is 0. The first-order chi connectivity index (χ1) is 20.7. The minimum Gasteiger partial charge on any atom is -0.465 e. The van der Waals surface area contributed by atoms with E-state index in [1.54, 1.807) is 11.1 Å². The Morgan fingerprint density at radius 2 is 1.67 bits per heavy atom. The lowest BCUT2D eigenvalue weighted by Crippen LogP contribution is -2.47. The molecule has 0 atom stereocenters. The fourth-order valence-corrected chi connectivity index (χ4v) is 7.13. The predicted octanol–water partition coefficient (Wildman–Crippen LogP) is 7.89. The van der Waals surface area contributed by atoms with Gasteiger partial charge in [-0.3, -0.25) is 9.78 Å². The van der Waals surface area contributed by atoms with Crippen LogP contribution in [0.4, 0.5) is 18.9 Å². The number of anilines is 1. The lowest BCUT2D eigenvalue weighted by molar-refractivity contribution is -0.184. The minimum atomic E-state index is -4.26. The Morgan fingerprint density at radius 1 is 0.977 bits per heavy atom. The average molecular weight is 613 g/mol. The van der Waals surface area contributed by atoms with E-state index in [-0.39, 0.29) is 42.5 Å². The molecule has 1 aromatic carbocycles. The van der Waals surface area contributed by atoms with E-state index in [1.807, 2.05) is 48.5 Å². The van der Waals surface area contributed by atoms with Gasteiger partial charge >= 0.3 is 12.1 Å². The van der Waals surface area contributed by atoms with Gasteiger partial charge in [0.2, 0.25) is 5.91 Å². The largest absolute Gasteiger partial charge is 0.465 e. The zero-order chi connectivity index (χ0) is 30.1. The number of rotatable bonds is 6. The summed E-state index contributed by atoms with van der Waals surface area (Å²) in [5.41, 5.74) is 3.59. The number of methoxy groups -OCH3 is 1. The first-order valence-corrected chi connectivity index (χ1v) is 15.2. The van der Waals surface area contributed by atoms with Crippen LogP contribution in [0.5, 0.6) is 0 Å². The third kappa shape index (κ3) is 6.05. The van der Waals surface area contributed by atoms with Gasteiger partial charge in [0.15, 0.2) is 5.58 Å². The molecule has 1 amide bonds. The normalized spacial score (nSPS) is 19.8. The highest BCUT2D eigenvalue weighted by Crippen LogP contribution is 2.44. The molecular formula is C32H31F3N2O5S. The molecule has 7 nitrogen and oxygen atoms in total. The molecule has 2 aliphatic rings.